The summed E-state index contributed by atoms with van der Waals surface area (Å²) in [5, 5.41) is 5.59. The first-order chi connectivity index (χ1) is 17.2. The zero-order valence-electron chi connectivity index (χ0n) is 20.0. The van der Waals surface area contributed by atoms with E-state index < -0.39 is 0 Å². The predicted molar refractivity (Wildman–Crippen MR) is 143 cm³/mol. The van der Waals surface area contributed by atoms with Crippen molar-refractivity contribution in [2.75, 3.05) is 18.5 Å². The van der Waals surface area contributed by atoms with Crippen LogP contribution >= 0.6 is 0 Å². The van der Waals surface area contributed by atoms with Crippen LogP contribution in [-0.2, 0) is 16.0 Å². The van der Waals surface area contributed by atoms with Gasteiger partial charge in [-0.25, -0.2) is 0 Å². The second-order valence-electron chi connectivity index (χ2n) is 8.84. The van der Waals surface area contributed by atoms with Crippen molar-refractivity contribution >= 4 is 33.4 Å². The number of carbonyl (C=O) groups is 1. The first-order valence-electron chi connectivity index (χ1n) is 12.3. The van der Waals surface area contributed by atoms with Crippen LogP contribution in [0.2, 0.25) is 0 Å². The summed E-state index contributed by atoms with van der Waals surface area (Å²) in [4.78, 5) is 19.5. The lowest BCUT2D eigenvalue weighted by atomic mass is 9.85. The molecular formula is C30H31N3O2. The number of H-pyrrole nitrogens is 2. The Balaban J connectivity index is 1.49. The van der Waals surface area contributed by atoms with Crippen molar-refractivity contribution in [1.29, 1.82) is 0 Å². The molecule has 5 aromatic rings. The number of anilines is 1. The molecule has 0 aliphatic rings. The summed E-state index contributed by atoms with van der Waals surface area (Å²) >= 11 is 0. The van der Waals surface area contributed by atoms with Crippen molar-refractivity contribution in [3.8, 4) is 0 Å². The second-order valence-corrected chi connectivity index (χ2v) is 8.84. The first kappa shape index (κ1) is 22.9. The Labute approximate surface area is 205 Å². The lowest BCUT2D eigenvalue weighted by Gasteiger charge is -2.19. The molecular weight excluding hydrogens is 434 g/mol. The zero-order valence-corrected chi connectivity index (χ0v) is 20.0. The summed E-state index contributed by atoms with van der Waals surface area (Å²) in [6, 6.07) is 25.0. The summed E-state index contributed by atoms with van der Waals surface area (Å²) in [5.74, 6) is 0.131. The smallest absolute Gasteiger partial charge is 0.224 e. The first-order valence-corrected chi connectivity index (χ1v) is 12.3. The van der Waals surface area contributed by atoms with E-state index in [2.05, 4.69) is 82.3 Å². The Morgan fingerprint density at radius 1 is 0.857 bits per heavy atom. The average Bonchev–Trinajstić information content (AvgIpc) is 3.51. The standard InChI is InChI=1S/C30H31N3O2/c1-2-35-17-9-16-30(34)33-27-13-6-3-10-21(27)18-24(25-19-31-28-14-7-4-11-22(25)28)26-20-32-29-15-8-5-12-23(26)29/h3-8,10-15,19-20,24,31-32H,2,9,16-18H2,1H3,(H,33,34). The van der Waals surface area contributed by atoms with Crippen LogP contribution in [0.15, 0.2) is 85.2 Å². The maximum atomic E-state index is 12.6. The zero-order chi connectivity index (χ0) is 24.0. The van der Waals surface area contributed by atoms with Gasteiger partial charge in [-0.2, -0.15) is 0 Å². The maximum Gasteiger partial charge on any atom is 0.224 e. The third kappa shape index (κ3) is 5.00. The molecule has 5 nitrogen and oxygen atoms in total. The number of hydrogen-bond donors (Lipinski definition) is 3. The lowest BCUT2D eigenvalue weighted by molar-refractivity contribution is -0.116. The van der Waals surface area contributed by atoms with Crippen molar-refractivity contribution in [3.63, 3.8) is 0 Å². The highest BCUT2D eigenvalue weighted by molar-refractivity contribution is 5.92. The van der Waals surface area contributed by atoms with Gasteiger partial charge < -0.3 is 20.0 Å². The Morgan fingerprint density at radius 2 is 1.46 bits per heavy atom. The molecule has 0 unspecified atom stereocenters. The molecule has 0 radical (unpaired) electrons. The van der Waals surface area contributed by atoms with E-state index in [4.69, 9.17) is 4.74 Å². The Morgan fingerprint density at radius 3 is 2.11 bits per heavy atom. The van der Waals surface area contributed by atoms with Crippen LogP contribution in [0, 0.1) is 0 Å². The maximum absolute atomic E-state index is 12.6. The molecule has 0 bridgehead atoms. The number of aromatic amines is 2. The van der Waals surface area contributed by atoms with E-state index in [0.29, 0.717) is 19.6 Å². The fourth-order valence-corrected chi connectivity index (χ4v) is 4.88. The van der Waals surface area contributed by atoms with Crippen LogP contribution < -0.4 is 5.32 Å². The quantitative estimate of drug-likeness (QED) is 0.199. The van der Waals surface area contributed by atoms with Crippen LogP contribution in [0.1, 0.15) is 42.4 Å². The minimum absolute atomic E-state index is 0.0212. The summed E-state index contributed by atoms with van der Waals surface area (Å²) < 4.78 is 5.38. The molecule has 178 valence electrons. The highest BCUT2D eigenvalue weighted by Gasteiger charge is 2.23. The normalized spacial score (nSPS) is 11.5. The van der Waals surface area contributed by atoms with Crippen molar-refractivity contribution in [3.05, 3.63) is 102 Å². The van der Waals surface area contributed by atoms with Crippen LogP contribution in [0.25, 0.3) is 21.8 Å². The van der Waals surface area contributed by atoms with E-state index in [1.165, 1.54) is 21.9 Å². The highest BCUT2D eigenvalue weighted by Crippen LogP contribution is 2.38. The van der Waals surface area contributed by atoms with E-state index in [9.17, 15) is 4.79 Å². The molecule has 0 saturated heterocycles. The minimum atomic E-state index is 0.0212. The molecule has 3 N–H and O–H groups in total. The van der Waals surface area contributed by atoms with Gasteiger partial charge >= 0.3 is 0 Å². The number of benzene rings is 3. The molecule has 2 heterocycles. The molecule has 5 heteroatoms. The van der Waals surface area contributed by atoms with Crippen LogP contribution in [-0.4, -0.2) is 29.1 Å². The molecule has 0 aliphatic heterocycles. The monoisotopic (exact) mass is 465 g/mol. The number of carbonyl (C=O) groups excluding carboxylic acids is 1. The molecule has 0 fully saturated rings. The molecule has 5 rings (SSSR count). The van der Waals surface area contributed by atoms with Crippen LogP contribution in [0.5, 0.6) is 0 Å². The summed E-state index contributed by atoms with van der Waals surface area (Å²) in [5.41, 5.74) is 6.75. The number of nitrogens with one attached hydrogen (secondary N) is 3. The third-order valence-electron chi connectivity index (χ3n) is 6.61. The van der Waals surface area contributed by atoms with E-state index in [1.807, 2.05) is 25.1 Å². The van der Waals surface area contributed by atoms with Crippen molar-refractivity contribution in [2.24, 2.45) is 0 Å². The number of rotatable bonds is 10. The lowest BCUT2D eigenvalue weighted by Crippen LogP contribution is -2.15. The van der Waals surface area contributed by atoms with Crippen LogP contribution in [0.3, 0.4) is 0 Å². The summed E-state index contributed by atoms with van der Waals surface area (Å²) in [6.07, 6.45) is 6.19. The summed E-state index contributed by atoms with van der Waals surface area (Å²) in [7, 11) is 0. The number of fused-ring (bicyclic) bond motifs is 2. The fourth-order valence-electron chi connectivity index (χ4n) is 4.88. The van der Waals surface area contributed by atoms with Gasteiger partial charge in [0.25, 0.3) is 0 Å². The topological polar surface area (TPSA) is 69.9 Å². The fraction of sp³-hybridized carbons (Fsp3) is 0.233. The Bertz CT molecular complexity index is 1360. The largest absolute Gasteiger partial charge is 0.382 e. The molecule has 35 heavy (non-hydrogen) atoms. The van der Waals surface area contributed by atoms with Crippen molar-refractivity contribution in [2.45, 2.75) is 32.1 Å². The van der Waals surface area contributed by atoms with Gasteiger partial charge in [-0.1, -0.05) is 54.6 Å². The van der Waals surface area contributed by atoms with Crippen molar-refractivity contribution < 1.29 is 9.53 Å². The van der Waals surface area contributed by atoms with Gasteiger partial charge in [-0.05, 0) is 54.7 Å². The van der Waals surface area contributed by atoms with E-state index in [-0.39, 0.29) is 11.8 Å². The van der Waals surface area contributed by atoms with Gasteiger partial charge in [0.2, 0.25) is 5.91 Å². The molecule has 2 aromatic heterocycles. The number of amides is 1. The second kappa shape index (κ2) is 10.6. The van der Waals surface area contributed by atoms with Gasteiger partial charge in [0.15, 0.2) is 0 Å². The number of para-hydroxylation sites is 3. The van der Waals surface area contributed by atoms with E-state index >= 15 is 0 Å². The van der Waals surface area contributed by atoms with Gasteiger partial charge in [0.1, 0.15) is 0 Å². The molecule has 0 atom stereocenters. The van der Waals surface area contributed by atoms with E-state index in [0.717, 1.165) is 35.1 Å². The number of hydrogen-bond acceptors (Lipinski definition) is 2. The van der Waals surface area contributed by atoms with Gasteiger partial charge in [-0.15, -0.1) is 0 Å². The van der Waals surface area contributed by atoms with Crippen LogP contribution in [0.4, 0.5) is 5.69 Å². The molecule has 0 aliphatic carbocycles. The Kier molecular flexibility index (Phi) is 6.96. The average molecular weight is 466 g/mol. The van der Waals surface area contributed by atoms with Gasteiger partial charge in [-0.3, -0.25) is 4.79 Å². The molecule has 0 saturated carbocycles. The minimum Gasteiger partial charge on any atom is -0.382 e. The molecule has 1 amide bonds. The highest BCUT2D eigenvalue weighted by atomic mass is 16.5. The van der Waals surface area contributed by atoms with Gasteiger partial charge in [0, 0.05) is 65.4 Å². The SMILES string of the molecule is CCOCCCC(=O)Nc1ccccc1CC(c1c[nH]c2ccccc12)c1c[nH]c2ccccc12. The molecule has 3 aromatic carbocycles. The number of ether oxygens (including phenoxy) is 1. The summed E-state index contributed by atoms with van der Waals surface area (Å²) in [6.45, 7) is 3.25. The molecule has 0 spiro atoms. The van der Waals surface area contributed by atoms with E-state index in [1.54, 1.807) is 0 Å². The van der Waals surface area contributed by atoms with Gasteiger partial charge in [0.05, 0.1) is 0 Å². The Hall–Kier alpha value is -3.83. The number of aromatic nitrogens is 2. The predicted octanol–water partition coefficient (Wildman–Crippen LogP) is 6.78. The van der Waals surface area contributed by atoms with Crippen molar-refractivity contribution in [1.82, 2.24) is 9.97 Å². The third-order valence-corrected chi connectivity index (χ3v) is 6.61.